The van der Waals surface area contributed by atoms with Gasteiger partial charge >= 0.3 is 5.97 Å². The summed E-state index contributed by atoms with van der Waals surface area (Å²) in [5.41, 5.74) is 2.83. The molecule has 0 bridgehead atoms. The predicted octanol–water partition coefficient (Wildman–Crippen LogP) is 5.34. The van der Waals surface area contributed by atoms with Gasteiger partial charge in [0.2, 0.25) is 0 Å². The van der Waals surface area contributed by atoms with Crippen molar-refractivity contribution < 1.29 is 14.3 Å². The van der Waals surface area contributed by atoms with Crippen LogP contribution in [0.15, 0.2) is 91.0 Å². The quantitative estimate of drug-likeness (QED) is 0.305. The monoisotopic (exact) mass is 410 g/mol. The first-order valence-electron chi connectivity index (χ1n) is 10.2. The van der Waals surface area contributed by atoms with Crippen molar-refractivity contribution in [3.63, 3.8) is 0 Å². The van der Waals surface area contributed by atoms with Gasteiger partial charge in [-0.1, -0.05) is 85.8 Å². The normalized spacial score (nSPS) is 10.6. The average Bonchev–Trinajstić information content (AvgIpc) is 3.24. The Balaban J connectivity index is 2.00. The van der Waals surface area contributed by atoms with Crippen molar-refractivity contribution in [2.75, 3.05) is 6.61 Å². The second-order valence-corrected chi connectivity index (χ2v) is 7.02. The van der Waals surface area contributed by atoms with E-state index in [4.69, 9.17) is 4.74 Å². The Morgan fingerprint density at radius 2 is 1.42 bits per heavy atom. The summed E-state index contributed by atoms with van der Waals surface area (Å²) >= 11 is 0. The molecule has 0 amide bonds. The van der Waals surface area contributed by atoms with Crippen molar-refractivity contribution in [1.29, 1.82) is 0 Å². The lowest BCUT2D eigenvalue weighted by atomic mass is 9.97. The van der Waals surface area contributed by atoms with Gasteiger partial charge in [0, 0.05) is 11.1 Å². The van der Waals surface area contributed by atoms with Crippen molar-refractivity contribution in [3.05, 3.63) is 108 Å². The highest BCUT2D eigenvalue weighted by Gasteiger charge is 2.30. The molecule has 1 aromatic heterocycles. The molecule has 0 aliphatic rings. The number of nitrogens with zero attached hydrogens (tertiary/aromatic N) is 2. The fourth-order valence-electron chi connectivity index (χ4n) is 3.39. The van der Waals surface area contributed by atoms with E-state index in [-0.39, 0.29) is 23.6 Å². The van der Waals surface area contributed by atoms with Gasteiger partial charge in [-0.25, -0.2) is 9.48 Å². The SMILES string of the molecule is CCCOC(=O)c1nn(-c2ccccc2)c(-c2ccccc2)c1C(=O)c1ccccc1. The lowest BCUT2D eigenvalue weighted by Crippen LogP contribution is -2.13. The van der Waals surface area contributed by atoms with Crippen LogP contribution in [0.2, 0.25) is 0 Å². The number of benzene rings is 3. The molecule has 0 N–H and O–H groups in total. The number of hydrogen-bond acceptors (Lipinski definition) is 4. The third kappa shape index (κ3) is 4.16. The van der Waals surface area contributed by atoms with Gasteiger partial charge in [-0.15, -0.1) is 0 Å². The molecule has 0 saturated carbocycles. The number of ketones is 1. The minimum atomic E-state index is -0.604. The summed E-state index contributed by atoms with van der Waals surface area (Å²) in [4.78, 5) is 26.6. The summed E-state index contributed by atoms with van der Waals surface area (Å²) < 4.78 is 7.02. The Morgan fingerprint density at radius 3 is 2.03 bits per heavy atom. The molecule has 4 aromatic rings. The van der Waals surface area contributed by atoms with Crippen LogP contribution in [0.4, 0.5) is 0 Å². The van der Waals surface area contributed by atoms with Crippen molar-refractivity contribution in [3.8, 4) is 16.9 Å². The van der Waals surface area contributed by atoms with Gasteiger partial charge in [0.25, 0.3) is 0 Å². The molecule has 0 aliphatic heterocycles. The molecule has 3 aromatic carbocycles. The Kier molecular flexibility index (Phi) is 6.03. The van der Waals surface area contributed by atoms with Crippen LogP contribution in [-0.2, 0) is 4.74 Å². The van der Waals surface area contributed by atoms with E-state index in [0.29, 0.717) is 17.7 Å². The molecule has 0 fully saturated rings. The van der Waals surface area contributed by atoms with Crippen LogP contribution in [0.25, 0.3) is 16.9 Å². The Labute approximate surface area is 180 Å². The van der Waals surface area contributed by atoms with E-state index in [1.165, 1.54) is 0 Å². The highest BCUT2D eigenvalue weighted by Crippen LogP contribution is 2.31. The Bertz CT molecular complexity index is 1180. The number of hydrogen-bond donors (Lipinski definition) is 0. The van der Waals surface area contributed by atoms with Gasteiger partial charge in [0.05, 0.1) is 23.6 Å². The number of rotatable bonds is 7. The summed E-state index contributed by atoms with van der Waals surface area (Å²) in [6, 6.07) is 27.9. The molecule has 0 atom stereocenters. The highest BCUT2D eigenvalue weighted by molar-refractivity contribution is 6.17. The van der Waals surface area contributed by atoms with Crippen molar-refractivity contribution in [1.82, 2.24) is 9.78 Å². The van der Waals surface area contributed by atoms with Crippen LogP contribution >= 0.6 is 0 Å². The molecule has 0 radical (unpaired) electrons. The third-order valence-electron chi connectivity index (χ3n) is 4.83. The maximum atomic E-state index is 13.6. The van der Waals surface area contributed by atoms with E-state index in [9.17, 15) is 9.59 Å². The first kappa shape index (κ1) is 20.3. The number of esters is 1. The van der Waals surface area contributed by atoms with E-state index in [1.807, 2.05) is 73.7 Å². The second kappa shape index (κ2) is 9.22. The number of carbonyl (C=O) groups excluding carboxylic acids is 2. The molecular weight excluding hydrogens is 388 g/mol. The molecule has 1 heterocycles. The molecular formula is C26H22N2O3. The lowest BCUT2D eigenvalue weighted by molar-refractivity contribution is 0.0495. The van der Waals surface area contributed by atoms with Crippen molar-refractivity contribution in [2.24, 2.45) is 0 Å². The maximum absolute atomic E-state index is 13.6. The van der Waals surface area contributed by atoms with E-state index in [2.05, 4.69) is 5.10 Å². The van der Waals surface area contributed by atoms with Crippen LogP contribution in [0.5, 0.6) is 0 Å². The molecule has 0 aliphatic carbocycles. The first-order chi connectivity index (χ1) is 15.2. The third-order valence-corrected chi connectivity index (χ3v) is 4.83. The summed E-state index contributed by atoms with van der Waals surface area (Å²) in [6.45, 7) is 2.18. The minimum absolute atomic E-state index is 0.0185. The fraction of sp³-hybridized carbons (Fsp3) is 0.115. The summed E-state index contributed by atoms with van der Waals surface area (Å²) in [7, 11) is 0. The molecule has 31 heavy (non-hydrogen) atoms. The zero-order chi connectivity index (χ0) is 21.6. The standard InChI is InChI=1S/C26H22N2O3/c1-2-18-31-26(30)23-22(25(29)20-14-8-4-9-15-20)24(19-12-6-3-7-13-19)28(27-23)21-16-10-5-11-17-21/h3-17H,2,18H2,1H3. The molecule has 5 nitrogen and oxygen atoms in total. The molecule has 0 saturated heterocycles. The summed E-state index contributed by atoms with van der Waals surface area (Å²) in [6.07, 6.45) is 0.679. The van der Waals surface area contributed by atoms with E-state index < -0.39 is 5.97 Å². The molecule has 4 rings (SSSR count). The second-order valence-electron chi connectivity index (χ2n) is 7.02. The molecule has 0 unspecified atom stereocenters. The Morgan fingerprint density at radius 1 is 0.839 bits per heavy atom. The number of para-hydroxylation sites is 1. The van der Waals surface area contributed by atoms with Crippen LogP contribution in [0.3, 0.4) is 0 Å². The summed E-state index contributed by atoms with van der Waals surface area (Å²) in [5, 5.41) is 4.58. The molecule has 5 heteroatoms. The molecule has 0 spiro atoms. The van der Waals surface area contributed by atoms with Crippen LogP contribution in [0, 0.1) is 0 Å². The van der Waals surface area contributed by atoms with Crippen molar-refractivity contribution in [2.45, 2.75) is 13.3 Å². The van der Waals surface area contributed by atoms with Gasteiger partial charge in [-0.3, -0.25) is 4.79 Å². The number of carbonyl (C=O) groups is 2. The number of ether oxygens (including phenoxy) is 1. The van der Waals surface area contributed by atoms with Gasteiger partial charge < -0.3 is 4.74 Å². The van der Waals surface area contributed by atoms with E-state index in [1.54, 1.807) is 28.9 Å². The van der Waals surface area contributed by atoms with Crippen LogP contribution in [-0.4, -0.2) is 28.1 Å². The van der Waals surface area contributed by atoms with E-state index in [0.717, 1.165) is 11.3 Å². The smallest absolute Gasteiger partial charge is 0.359 e. The van der Waals surface area contributed by atoms with Crippen molar-refractivity contribution >= 4 is 11.8 Å². The predicted molar refractivity (Wildman–Crippen MR) is 119 cm³/mol. The first-order valence-corrected chi connectivity index (χ1v) is 10.2. The van der Waals surface area contributed by atoms with E-state index >= 15 is 0 Å². The number of aromatic nitrogens is 2. The topological polar surface area (TPSA) is 61.2 Å². The average molecular weight is 410 g/mol. The minimum Gasteiger partial charge on any atom is -0.461 e. The van der Waals surface area contributed by atoms with Gasteiger partial charge in [0.15, 0.2) is 11.5 Å². The zero-order valence-corrected chi connectivity index (χ0v) is 17.2. The largest absolute Gasteiger partial charge is 0.461 e. The van der Waals surface area contributed by atoms with Crippen LogP contribution < -0.4 is 0 Å². The van der Waals surface area contributed by atoms with Gasteiger partial charge in [-0.2, -0.15) is 5.10 Å². The van der Waals surface area contributed by atoms with Crippen LogP contribution in [0.1, 0.15) is 39.8 Å². The maximum Gasteiger partial charge on any atom is 0.359 e. The van der Waals surface area contributed by atoms with Gasteiger partial charge in [0.1, 0.15) is 0 Å². The Hall–Kier alpha value is -3.99. The lowest BCUT2D eigenvalue weighted by Gasteiger charge is -2.10. The van der Waals surface area contributed by atoms with Gasteiger partial charge in [-0.05, 0) is 18.6 Å². The zero-order valence-electron chi connectivity index (χ0n) is 17.2. The fourth-order valence-corrected chi connectivity index (χ4v) is 3.39. The summed E-state index contributed by atoms with van der Waals surface area (Å²) in [5.74, 6) is -0.877. The highest BCUT2D eigenvalue weighted by atomic mass is 16.5. The molecule has 154 valence electrons.